The minimum absolute atomic E-state index is 0.0792. The van der Waals surface area contributed by atoms with Gasteiger partial charge in [-0.05, 0) is 18.7 Å². The number of hydrogen-bond donors (Lipinski definition) is 2. The second-order valence-electron chi connectivity index (χ2n) is 3.69. The number of aromatic nitrogens is 3. The summed E-state index contributed by atoms with van der Waals surface area (Å²) in [5, 5.41) is 13.5. The molecule has 0 bridgehead atoms. The Morgan fingerprint density at radius 2 is 2.22 bits per heavy atom. The predicted octanol–water partition coefficient (Wildman–Crippen LogP) is 0.815. The van der Waals surface area contributed by atoms with Crippen LogP contribution in [0.4, 0.5) is 5.69 Å². The number of rotatable bonds is 5. The summed E-state index contributed by atoms with van der Waals surface area (Å²) in [7, 11) is 0. The zero-order chi connectivity index (χ0) is 12.8. The number of nitrogens with one attached hydrogen (secondary N) is 2. The smallest absolute Gasteiger partial charge is 0.238 e. The van der Waals surface area contributed by atoms with Crippen LogP contribution < -0.4 is 10.6 Å². The van der Waals surface area contributed by atoms with Gasteiger partial charge in [0.25, 0.3) is 0 Å². The molecule has 0 radical (unpaired) electrons. The highest BCUT2D eigenvalue weighted by atomic mass is 16.1. The highest BCUT2D eigenvalue weighted by Crippen LogP contribution is 2.18. The lowest BCUT2D eigenvalue weighted by molar-refractivity contribution is -0.115. The number of carbonyl (C=O) groups excluding carboxylic acids is 1. The van der Waals surface area contributed by atoms with Crippen molar-refractivity contribution >= 4 is 11.6 Å². The van der Waals surface area contributed by atoms with E-state index in [1.807, 2.05) is 31.2 Å². The molecule has 1 heterocycles. The van der Waals surface area contributed by atoms with Gasteiger partial charge < -0.3 is 10.6 Å². The first kappa shape index (κ1) is 12.3. The van der Waals surface area contributed by atoms with Gasteiger partial charge in [-0.15, -0.1) is 5.10 Å². The molecular formula is C12H15N5O. The maximum Gasteiger partial charge on any atom is 0.238 e. The van der Waals surface area contributed by atoms with Crippen LogP contribution in [0.1, 0.15) is 6.92 Å². The topological polar surface area (TPSA) is 71.8 Å². The Balaban J connectivity index is 2.16. The van der Waals surface area contributed by atoms with Crippen LogP contribution in [0.25, 0.3) is 5.69 Å². The molecule has 0 saturated heterocycles. The average Bonchev–Trinajstić information content (AvgIpc) is 2.91. The fourth-order valence-electron chi connectivity index (χ4n) is 1.55. The Morgan fingerprint density at radius 3 is 2.94 bits per heavy atom. The van der Waals surface area contributed by atoms with E-state index in [-0.39, 0.29) is 5.91 Å². The molecule has 18 heavy (non-hydrogen) atoms. The van der Waals surface area contributed by atoms with E-state index in [4.69, 9.17) is 0 Å². The van der Waals surface area contributed by atoms with Crippen LogP contribution in [0.3, 0.4) is 0 Å². The van der Waals surface area contributed by atoms with Crippen molar-refractivity contribution in [3.63, 3.8) is 0 Å². The van der Waals surface area contributed by atoms with Gasteiger partial charge in [-0.1, -0.05) is 24.3 Å². The molecule has 0 spiro atoms. The van der Waals surface area contributed by atoms with Crippen molar-refractivity contribution in [1.82, 2.24) is 20.3 Å². The molecular weight excluding hydrogens is 230 g/mol. The molecule has 0 atom stereocenters. The molecule has 2 rings (SSSR count). The second kappa shape index (κ2) is 5.92. The highest BCUT2D eigenvalue weighted by molar-refractivity contribution is 5.94. The first-order valence-corrected chi connectivity index (χ1v) is 5.77. The summed E-state index contributed by atoms with van der Waals surface area (Å²) in [5.74, 6) is -0.0792. The maximum absolute atomic E-state index is 11.7. The fourth-order valence-corrected chi connectivity index (χ4v) is 1.55. The summed E-state index contributed by atoms with van der Waals surface area (Å²) in [4.78, 5) is 11.7. The van der Waals surface area contributed by atoms with Crippen LogP contribution in [0.5, 0.6) is 0 Å². The minimum Gasteiger partial charge on any atom is -0.323 e. The molecule has 1 amide bonds. The molecule has 94 valence electrons. The van der Waals surface area contributed by atoms with E-state index < -0.39 is 0 Å². The van der Waals surface area contributed by atoms with E-state index in [2.05, 4.69) is 20.9 Å². The van der Waals surface area contributed by atoms with Crippen LogP contribution in [0.2, 0.25) is 0 Å². The van der Waals surface area contributed by atoms with Crippen molar-refractivity contribution in [3.05, 3.63) is 36.7 Å². The Morgan fingerprint density at radius 1 is 1.39 bits per heavy atom. The van der Waals surface area contributed by atoms with E-state index in [0.717, 1.165) is 12.2 Å². The molecule has 1 aromatic heterocycles. The largest absolute Gasteiger partial charge is 0.323 e. The van der Waals surface area contributed by atoms with Crippen LogP contribution >= 0.6 is 0 Å². The number of benzene rings is 1. The van der Waals surface area contributed by atoms with Gasteiger partial charge >= 0.3 is 0 Å². The van der Waals surface area contributed by atoms with E-state index >= 15 is 0 Å². The monoisotopic (exact) mass is 245 g/mol. The van der Waals surface area contributed by atoms with E-state index in [1.54, 1.807) is 17.1 Å². The third kappa shape index (κ3) is 2.92. The standard InChI is InChI=1S/C12H15N5O/c1-2-13-9-12(18)15-10-5-3-4-6-11(10)17-8-7-14-16-17/h3-8,13H,2,9H2,1H3,(H,15,18). The van der Waals surface area contributed by atoms with Crippen molar-refractivity contribution in [2.24, 2.45) is 0 Å². The summed E-state index contributed by atoms with van der Waals surface area (Å²) < 4.78 is 1.61. The van der Waals surface area contributed by atoms with Crippen molar-refractivity contribution in [1.29, 1.82) is 0 Å². The first-order valence-electron chi connectivity index (χ1n) is 5.77. The van der Waals surface area contributed by atoms with Crippen LogP contribution in [-0.2, 0) is 4.79 Å². The normalized spacial score (nSPS) is 10.3. The van der Waals surface area contributed by atoms with Crippen molar-refractivity contribution < 1.29 is 4.79 Å². The quantitative estimate of drug-likeness (QED) is 0.818. The molecule has 6 heteroatoms. The Kier molecular flexibility index (Phi) is 4.03. The Labute approximate surface area is 105 Å². The summed E-state index contributed by atoms with van der Waals surface area (Å²) in [6, 6.07) is 7.46. The van der Waals surface area contributed by atoms with Crippen molar-refractivity contribution in [2.75, 3.05) is 18.4 Å². The number of hydrogen-bond acceptors (Lipinski definition) is 4. The number of nitrogens with zero attached hydrogens (tertiary/aromatic N) is 3. The number of carbonyl (C=O) groups is 1. The van der Waals surface area contributed by atoms with Crippen molar-refractivity contribution in [3.8, 4) is 5.69 Å². The average molecular weight is 245 g/mol. The molecule has 2 aromatic rings. The third-order valence-electron chi connectivity index (χ3n) is 2.38. The van der Waals surface area contributed by atoms with Gasteiger partial charge in [-0.3, -0.25) is 4.79 Å². The van der Waals surface area contributed by atoms with Gasteiger partial charge in [0.05, 0.1) is 30.3 Å². The van der Waals surface area contributed by atoms with E-state index in [0.29, 0.717) is 12.2 Å². The van der Waals surface area contributed by atoms with Gasteiger partial charge in [0.15, 0.2) is 0 Å². The van der Waals surface area contributed by atoms with Crippen LogP contribution in [0, 0.1) is 0 Å². The van der Waals surface area contributed by atoms with Crippen molar-refractivity contribution in [2.45, 2.75) is 6.92 Å². The number of para-hydroxylation sites is 2. The predicted molar refractivity (Wildman–Crippen MR) is 68.5 cm³/mol. The molecule has 1 aromatic carbocycles. The summed E-state index contributed by atoms with van der Waals surface area (Å²) in [6.07, 6.45) is 3.33. The zero-order valence-electron chi connectivity index (χ0n) is 10.1. The lowest BCUT2D eigenvalue weighted by atomic mass is 10.2. The highest BCUT2D eigenvalue weighted by Gasteiger charge is 2.07. The van der Waals surface area contributed by atoms with Gasteiger partial charge in [0.2, 0.25) is 5.91 Å². The SMILES string of the molecule is CCNCC(=O)Nc1ccccc1-n1ccnn1. The summed E-state index contributed by atoms with van der Waals surface area (Å²) in [6.45, 7) is 3.01. The third-order valence-corrected chi connectivity index (χ3v) is 2.38. The van der Waals surface area contributed by atoms with E-state index in [1.165, 1.54) is 0 Å². The molecule has 0 aliphatic heterocycles. The summed E-state index contributed by atoms with van der Waals surface area (Å²) >= 11 is 0. The Bertz CT molecular complexity index is 509. The fraction of sp³-hybridized carbons (Fsp3) is 0.250. The van der Waals surface area contributed by atoms with E-state index in [9.17, 15) is 4.79 Å². The molecule has 0 fully saturated rings. The number of likely N-dealkylation sites (N-methyl/N-ethyl adjacent to an activating group) is 1. The molecule has 0 unspecified atom stereocenters. The second-order valence-corrected chi connectivity index (χ2v) is 3.69. The molecule has 6 nitrogen and oxygen atoms in total. The minimum atomic E-state index is -0.0792. The van der Waals surface area contributed by atoms with Crippen LogP contribution in [-0.4, -0.2) is 34.0 Å². The van der Waals surface area contributed by atoms with Gasteiger partial charge in [-0.2, -0.15) is 0 Å². The lowest BCUT2D eigenvalue weighted by Gasteiger charge is -2.10. The van der Waals surface area contributed by atoms with Crippen LogP contribution in [0.15, 0.2) is 36.7 Å². The molecule has 0 saturated carbocycles. The molecule has 2 N–H and O–H groups in total. The zero-order valence-corrected chi connectivity index (χ0v) is 10.1. The number of anilines is 1. The first-order chi connectivity index (χ1) is 8.81. The lowest BCUT2D eigenvalue weighted by Crippen LogP contribution is -2.28. The van der Waals surface area contributed by atoms with Gasteiger partial charge in [0.1, 0.15) is 0 Å². The molecule has 0 aliphatic rings. The van der Waals surface area contributed by atoms with Gasteiger partial charge in [0, 0.05) is 0 Å². The van der Waals surface area contributed by atoms with Gasteiger partial charge in [-0.25, -0.2) is 4.68 Å². The molecule has 0 aliphatic carbocycles. The number of amides is 1. The maximum atomic E-state index is 11.7. The summed E-state index contributed by atoms with van der Waals surface area (Å²) in [5.41, 5.74) is 1.51. The Hall–Kier alpha value is -2.21.